The summed E-state index contributed by atoms with van der Waals surface area (Å²) in [5.41, 5.74) is 6.57. The average molecular weight is 369 g/mol. The van der Waals surface area contributed by atoms with Crippen LogP contribution in [0.4, 0.5) is 4.79 Å². The van der Waals surface area contributed by atoms with Crippen LogP contribution in [0.25, 0.3) is 0 Å². The Morgan fingerprint density at radius 2 is 1.67 bits per heavy atom. The fourth-order valence-corrected chi connectivity index (χ4v) is 2.83. The van der Waals surface area contributed by atoms with Crippen LogP contribution < -0.4 is 10.5 Å². The van der Waals surface area contributed by atoms with Gasteiger partial charge in [-0.25, -0.2) is 4.79 Å². The third kappa shape index (κ3) is 4.12. The normalized spacial score (nSPS) is 13.2. The van der Waals surface area contributed by atoms with Gasteiger partial charge in [0.2, 0.25) is 0 Å². The summed E-state index contributed by atoms with van der Waals surface area (Å²) in [6, 6.07) is 11.1. The zero-order valence-electron chi connectivity index (χ0n) is 13.2. The number of primary amides is 1. The van der Waals surface area contributed by atoms with Crippen molar-refractivity contribution < 1.29 is 14.7 Å². The van der Waals surface area contributed by atoms with E-state index in [9.17, 15) is 10.0 Å². The summed E-state index contributed by atoms with van der Waals surface area (Å²) in [5, 5.41) is 10.6. The van der Waals surface area contributed by atoms with Crippen molar-refractivity contribution in [3.63, 3.8) is 0 Å². The van der Waals surface area contributed by atoms with E-state index in [-0.39, 0.29) is 16.1 Å². The number of rotatable bonds is 5. The largest absolute Gasteiger partial charge is 0.483 e. The van der Waals surface area contributed by atoms with E-state index in [4.69, 9.17) is 33.7 Å². The minimum Gasteiger partial charge on any atom is -0.483 e. The van der Waals surface area contributed by atoms with E-state index in [1.165, 1.54) is 0 Å². The van der Waals surface area contributed by atoms with Crippen LogP contribution in [0.2, 0.25) is 10.0 Å². The third-order valence-electron chi connectivity index (χ3n) is 3.66. The Bertz CT molecular complexity index is 702. The van der Waals surface area contributed by atoms with E-state index < -0.39 is 12.1 Å². The molecule has 0 spiro atoms. The van der Waals surface area contributed by atoms with Gasteiger partial charge < -0.3 is 10.5 Å². The number of halogens is 2. The minimum atomic E-state index is -0.965. The van der Waals surface area contributed by atoms with Crippen LogP contribution >= 0.6 is 23.2 Å². The van der Waals surface area contributed by atoms with Crippen molar-refractivity contribution in [2.45, 2.75) is 26.0 Å². The Balaban J connectivity index is 2.26. The van der Waals surface area contributed by atoms with Crippen LogP contribution in [0, 0.1) is 0 Å². The van der Waals surface area contributed by atoms with Crippen LogP contribution in [0.15, 0.2) is 42.5 Å². The Hall–Kier alpha value is -1.95. The Morgan fingerprint density at radius 3 is 2.17 bits per heavy atom. The van der Waals surface area contributed by atoms with Crippen molar-refractivity contribution in [2.75, 3.05) is 0 Å². The van der Waals surface area contributed by atoms with Crippen LogP contribution in [0.3, 0.4) is 0 Å². The molecule has 0 saturated carbocycles. The monoisotopic (exact) mass is 368 g/mol. The summed E-state index contributed by atoms with van der Waals surface area (Å²) in [6.07, 6.45) is -0.246. The molecule has 0 aliphatic rings. The molecule has 2 unspecified atom stereocenters. The first-order chi connectivity index (χ1) is 11.3. The van der Waals surface area contributed by atoms with E-state index in [1.54, 1.807) is 19.1 Å². The van der Waals surface area contributed by atoms with Gasteiger partial charge in [-0.15, -0.1) is 0 Å². The van der Waals surface area contributed by atoms with Crippen LogP contribution in [0.5, 0.6) is 5.75 Å². The molecular weight excluding hydrogens is 351 g/mol. The van der Waals surface area contributed by atoms with Gasteiger partial charge in [-0.3, -0.25) is 5.21 Å². The average Bonchev–Trinajstić information content (AvgIpc) is 2.57. The summed E-state index contributed by atoms with van der Waals surface area (Å²) in [6.45, 7) is 3.49. The van der Waals surface area contributed by atoms with Crippen LogP contribution in [0.1, 0.15) is 37.1 Å². The lowest BCUT2D eigenvalue weighted by atomic mass is 10.1. The topological polar surface area (TPSA) is 75.8 Å². The maximum atomic E-state index is 11.1. The van der Waals surface area contributed by atoms with Crippen molar-refractivity contribution in [1.82, 2.24) is 5.06 Å². The van der Waals surface area contributed by atoms with Gasteiger partial charge in [0.1, 0.15) is 6.10 Å². The molecule has 0 fully saturated rings. The van der Waals surface area contributed by atoms with Crippen LogP contribution in [-0.2, 0) is 0 Å². The Labute approximate surface area is 150 Å². The first-order valence-electron chi connectivity index (χ1n) is 7.29. The predicted octanol–water partition coefficient (Wildman–Crippen LogP) is 4.96. The summed E-state index contributed by atoms with van der Waals surface area (Å²) in [5.74, 6) is 0.342. The maximum Gasteiger partial charge on any atom is 0.339 e. The Kier molecular flexibility index (Phi) is 5.94. The number of hydroxylamine groups is 2. The van der Waals surface area contributed by atoms with Gasteiger partial charge in [-0.2, -0.15) is 5.06 Å². The maximum absolute atomic E-state index is 11.1. The van der Waals surface area contributed by atoms with Crippen LogP contribution in [-0.4, -0.2) is 16.3 Å². The van der Waals surface area contributed by atoms with Crippen molar-refractivity contribution in [2.24, 2.45) is 5.73 Å². The number of nitrogens with zero attached hydrogens (tertiary/aromatic N) is 1. The highest BCUT2D eigenvalue weighted by atomic mass is 35.5. The second kappa shape index (κ2) is 7.75. The molecule has 7 heteroatoms. The highest BCUT2D eigenvalue weighted by Crippen LogP contribution is 2.39. The molecule has 2 rings (SSSR count). The van der Waals surface area contributed by atoms with E-state index in [0.29, 0.717) is 16.4 Å². The standard InChI is InChI=1S/C17H18Cl2N2O3/c1-10(21(23)17(20)22)13-8-14(18)16(15(19)9-13)24-11(2)12-6-4-3-5-7-12/h3-11,23H,1-2H3,(H2,20,22). The Morgan fingerprint density at radius 1 is 1.12 bits per heavy atom. The number of ether oxygens (including phenoxy) is 1. The van der Waals surface area contributed by atoms with Gasteiger partial charge in [0, 0.05) is 0 Å². The number of carbonyl (C=O) groups excluding carboxylic acids is 1. The minimum absolute atomic E-state index is 0.246. The van der Waals surface area contributed by atoms with E-state index >= 15 is 0 Å². The summed E-state index contributed by atoms with van der Waals surface area (Å²) in [7, 11) is 0. The summed E-state index contributed by atoms with van der Waals surface area (Å²) < 4.78 is 5.87. The van der Waals surface area contributed by atoms with Crippen molar-refractivity contribution in [1.29, 1.82) is 0 Å². The smallest absolute Gasteiger partial charge is 0.339 e. The molecule has 2 aromatic carbocycles. The lowest BCUT2D eigenvalue weighted by molar-refractivity contribution is -0.0710. The molecule has 0 aliphatic heterocycles. The van der Waals surface area contributed by atoms with Gasteiger partial charge in [0.05, 0.1) is 16.1 Å². The number of carbonyl (C=O) groups is 1. The number of hydrogen-bond acceptors (Lipinski definition) is 3. The van der Waals surface area contributed by atoms with E-state index in [0.717, 1.165) is 5.56 Å². The summed E-state index contributed by atoms with van der Waals surface area (Å²) in [4.78, 5) is 11.1. The quantitative estimate of drug-likeness (QED) is 0.577. The second-order valence-corrected chi connectivity index (χ2v) is 6.16. The fraction of sp³-hybridized carbons (Fsp3) is 0.235. The molecule has 0 heterocycles. The highest BCUT2D eigenvalue weighted by molar-refractivity contribution is 6.37. The van der Waals surface area contributed by atoms with Gasteiger partial charge >= 0.3 is 6.03 Å². The number of amides is 2. The molecule has 0 aromatic heterocycles. The second-order valence-electron chi connectivity index (χ2n) is 5.34. The van der Waals surface area contributed by atoms with E-state index in [1.807, 2.05) is 37.3 Å². The molecule has 2 atom stereocenters. The molecule has 0 bridgehead atoms. The lowest BCUT2D eigenvalue weighted by Gasteiger charge is -2.23. The summed E-state index contributed by atoms with van der Waals surface area (Å²) >= 11 is 12.5. The number of benzene rings is 2. The van der Waals surface area contributed by atoms with Gasteiger partial charge in [-0.1, -0.05) is 53.5 Å². The lowest BCUT2D eigenvalue weighted by Crippen LogP contribution is -2.34. The number of nitrogens with two attached hydrogens (primary N) is 1. The van der Waals surface area contributed by atoms with Gasteiger partial charge in [0.25, 0.3) is 0 Å². The fourth-order valence-electron chi connectivity index (χ4n) is 2.23. The first-order valence-corrected chi connectivity index (χ1v) is 8.05. The molecule has 2 aromatic rings. The molecule has 0 saturated heterocycles. The zero-order chi connectivity index (χ0) is 17.9. The van der Waals surface area contributed by atoms with Crippen molar-refractivity contribution in [3.05, 3.63) is 63.6 Å². The SMILES string of the molecule is CC(Oc1c(Cl)cc(C(C)N(O)C(N)=O)cc1Cl)c1ccccc1. The first kappa shape index (κ1) is 18.4. The molecule has 128 valence electrons. The highest BCUT2D eigenvalue weighted by Gasteiger charge is 2.21. The van der Waals surface area contributed by atoms with Crippen molar-refractivity contribution >= 4 is 29.2 Å². The zero-order valence-corrected chi connectivity index (χ0v) is 14.8. The number of urea groups is 1. The molecule has 2 amide bonds. The molecule has 0 radical (unpaired) electrons. The number of hydrogen-bond donors (Lipinski definition) is 2. The van der Waals surface area contributed by atoms with Crippen molar-refractivity contribution in [3.8, 4) is 5.75 Å². The van der Waals surface area contributed by atoms with Gasteiger partial charge in [0.15, 0.2) is 5.75 Å². The third-order valence-corrected chi connectivity index (χ3v) is 4.22. The molecule has 0 aliphatic carbocycles. The predicted molar refractivity (Wildman–Crippen MR) is 93.6 cm³/mol. The molecule has 24 heavy (non-hydrogen) atoms. The van der Waals surface area contributed by atoms with E-state index in [2.05, 4.69) is 0 Å². The molecule has 3 N–H and O–H groups in total. The molecular formula is C17H18Cl2N2O3. The molecule has 5 nitrogen and oxygen atoms in total. The van der Waals surface area contributed by atoms with Gasteiger partial charge in [-0.05, 0) is 37.1 Å².